The fourth-order valence-corrected chi connectivity index (χ4v) is 3.33. The van der Waals surface area contributed by atoms with Crippen molar-refractivity contribution in [1.29, 1.82) is 0 Å². The Labute approximate surface area is 151 Å². The molecule has 0 amide bonds. The molecule has 26 heavy (non-hydrogen) atoms. The first kappa shape index (κ1) is 16.7. The number of rotatable bonds is 5. The van der Waals surface area contributed by atoms with Crippen molar-refractivity contribution in [3.8, 4) is 17.1 Å². The number of halogens is 1. The largest absolute Gasteiger partial charge is 0.497 e. The van der Waals surface area contributed by atoms with E-state index < -0.39 is 0 Å². The SMILES string of the molecule is COc1ccc(-c2noc([C@@H]3CCN(Cc4cccc(F)c4)C3)n2)cc1. The lowest BCUT2D eigenvalue weighted by atomic mass is 10.1. The van der Waals surface area contributed by atoms with Gasteiger partial charge in [-0.3, -0.25) is 4.90 Å². The molecule has 1 aliphatic rings. The minimum Gasteiger partial charge on any atom is -0.497 e. The lowest BCUT2D eigenvalue weighted by Crippen LogP contribution is -2.19. The van der Waals surface area contributed by atoms with E-state index >= 15 is 0 Å². The van der Waals surface area contributed by atoms with Crippen molar-refractivity contribution in [2.24, 2.45) is 0 Å². The molecular formula is C20H20FN3O2. The molecule has 5 nitrogen and oxygen atoms in total. The number of ether oxygens (including phenoxy) is 1. The Kier molecular flexibility index (Phi) is 4.67. The van der Waals surface area contributed by atoms with Gasteiger partial charge >= 0.3 is 0 Å². The topological polar surface area (TPSA) is 51.4 Å². The standard InChI is InChI=1S/C20H20FN3O2/c1-25-18-7-5-15(6-8-18)19-22-20(26-23-19)16-9-10-24(13-16)12-14-3-2-4-17(21)11-14/h2-8,11,16H,9-10,12-13H2,1H3/t16-/m1/s1. The Morgan fingerprint density at radius 2 is 2.08 bits per heavy atom. The zero-order valence-electron chi connectivity index (χ0n) is 14.6. The summed E-state index contributed by atoms with van der Waals surface area (Å²) in [5.41, 5.74) is 1.88. The average molecular weight is 353 g/mol. The van der Waals surface area contributed by atoms with Gasteiger partial charge in [0, 0.05) is 18.7 Å². The van der Waals surface area contributed by atoms with Gasteiger partial charge in [0.05, 0.1) is 13.0 Å². The summed E-state index contributed by atoms with van der Waals surface area (Å²) < 4.78 is 24.0. The summed E-state index contributed by atoms with van der Waals surface area (Å²) in [6.45, 7) is 2.50. The predicted molar refractivity (Wildman–Crippen MR) is 95.3 cm³/mol. The maximum atomic E-state index is 13.3. The van der Waals surface area contributed by atoms with Crippen LogP contribution in [0.4, 0.5) is 4.39 Å². The predicted octanol–water partition coefficient (Wildman–Crippen LogP) is 3.87. The monoisotopic (exact) mass is 353 g/mol. The van der Waals surface area contributed by atoms with E-state index in [4.69, 9.17) is 9.26 Å². The highest BCUT2D eigenvalue weighted by molar-refractivity contribution is 5.55. The van der Waals surface area contributed by atoms with Gasteiger partial charge in [0.15, 0.2) is 0 Å². The molecule has 4 rings (SSSR count). The van der Waals surface area contributed by atoms with Crippen LogP contribution in [-0.2, 0) is 6.54 Å². The highest BCUT2D eigenvalue weighted by Gasteiger charge is 2.28. The van der Waals surface area contributed by atoms with Crippen LogP contribution in [0.2, 0.25) is 0 Å². The molecule has 1 aliphatic heterocycles. The first-order valence-corrected chi connectivity index (χ1v) is 8.66. The fourth-order valence-electron chi connectivity index (χ4n) is 3.33. The maximum absolute atomic E-state index is 13.3. The fraction of sp³-hybridized carbons (Fsp3) is 0.300. The number of hydrogen-bond donors (Lipinski definition) is 0. The minimum atomic E-state index is -0.195. The third-order valence-electron chi connectivity index (χ3n) is 4.71. The van der Waals surface area contributed by atoms with E-state index in [1.165, 1.54) is 6.07 Å². The molecule has 0 radical (unpaired) electrons. The van der Waals surface area contributed by atoms with Gasteiger partial charge in [-0.05, 0) is 54.9 Å². The normalized spacial score (nSPS) is 17.5. The van der Waals surface area contributed by atoms with Crippen LogP contribution in [-0.4, -0.2) is 35.2 Å². The molecule has 1 atom stereocenters. The van der Waals surface area contributed by atoms with Gasteiger partial charge in [0.1, 0.15) is 11.6 Å². The smallest absolute Gasteiger partial charge is 0.231 e. The van der Waals surface area contributed by atoms with E-state index in [9.17, 15) is 4.39 Å². The van der Waals surface area contributed by atoms with Gasteiger partial charge < -0.3 is 9.26 Å². The molecule has 1 saturated heterocycles. The first-order chi connectivity index (χ1) is 12.7. The van der Waals surface area contributed by atoms with Gasteiger partial charge in [-0.25, -0.2) is 4.39 Å². The van der Waals surface area contributed by atoms with E-state index in [0.29, 0.717) is 11.7 Å². The zero-order chi connectivity index (χ0) is 17.9. The van der Waals surface area contributed by atoms with Gasteiger partial charge in [0.2, 0.25) is 11.7 Å². The van der Waals surface area contributed by atoms with Crippen LogP contribution >= 0.6 is 0 Å². The molecular weight excluding hydrogens is 333 g/mol. The van der Waals surface area contributed by atoms with Crippen molar-refractivity contribution in [1.82, 2.24) is 15.0 Å². The molecule has 0 spiro atoms. The van der Waals surface area contributed by atoms with Gasteiger partial charge in [-0.2, -0.15) is 4.98 Å². The van der Waals surface area contributed by atoms with Gasteiger partial charge in [-0.15, -0.1) is 0 Å². The van der Waals surface area contributed by atoms with E-state index in [1.54, 1.807) is 19.2 Å². The third kappa shape index (κ3) is 3.60. The maximum Gasteiger partial charge on any atom is 0.231 e. The number of aromatic nitrogens is 2. The molecule has 3 aromatic rings. The third-order valence-corrected chi connectivity index (χ3v) is 4.71. The second-order valence-electron chi connectivity index (χ2n) is 6.54. The van der Waals surface area contributed by atoms with Crippen LogP contribution < -0.4 is 4.74 Å². The second kappa shape index (κ2) is 7.25. The van der Waals surface area contributed by atoms with Crippen LogP contribution in [0.3, 0.4) is 0 Å². The molecule has 2 aromatic carbocycles. The Hall–Kier alpha value is -2.73. The van der Waals surface area contributed by atoms with E-state index in [1.807, 2.05) is 30.3 Å². The van der Waals surface area contributed by atoms with Crippen LogP contribution in [0.25, 0.3) is 11.4 Å². The van der Waals surface area contributed by atoms with E-state index in [-0.39, 0.29) is 11.7 Å². The summed E-state index contributed by atoms with van der Waals surface area (Å²) in [7, 11) is 1.64. The highest BCUT2D eigenvalue weighted by atomic mass is 19.1. The molecule has 6 heteroatoms. The first-order valence-electron chi connectivity index (χ1n) is 8.66. The Bertz CT molecular complexity index is 879. The van der Waals surface area contributed by atoms with Crippen LogP contribution in [0.1, 0.15) is 23.8 Å². The minimum absolute atomic E-state index is 0.195. The summed E-state index contributed by atoms with van der Waals surface area (Å²) in [5, 5.41) is 4.11. The molecule has 1 fully saturated rings. The lowest BCUT2D eigenvalue weighted by molar-refractivity contribution is 0.309. The summed E-state index contributed by atoms with van der Waals surface area (Å²) in [6, 6.07) is 14.3. The number of nitrogens with zero attached hydrogens (tertiary/aromatic N) is 3. The van der Waals surface area contributed by atoms with Crippen LogP contribution in [0.15, 0.2) is 53.1 Å². The summed E-state index contributed by atoms with van der Waals surface area (Å²) in [4.78, 5) is 6.86. The van der Waals surface area contributed by atoms with Crippen molar-refractivity contribution >= 4 is 0 Å². The quantitative estimate of drug-likeness (QED) is 0.697. The number of likely N-dealkylation sites (tertiary alicyclic amines) is 1. The van der Waals surface area contributed by atoms with E-state index in [2.05, 4.69) is 15.0 Å². The second-order valence-corrected chi connectivity index (χ2v) is 6.54. The Balaban J connectivity index is 1.42. The average Bonchev–Trinajstić information content (AvgIpc) is 3.31. The van der Waals surface area contributed by atoms with Gasteiger partial charge in [0.25, 0.3) is 0 Å². The molecule has 0 N–H and O–H groups in total. The number of methoxy groups -OCH3 is 1. The summed E-state index contributed by atoms with van der Waals surface area (Å²) in [5.74, 6) is 2.06. The molecule has 0 aliphatic carbocycles. The Morgan fingerprint density at radius 3 is 2.85 bits per heavy atom. The van der Waals surface area contributed by atoms with Crippen LogP contribution in [0, 0.1) is 5.82 Å². The van der Waals surface area contributed by atoms with Crippen molar-refractivity contribution in [3.05, 3.63) is 65.8 Å². The van der Waals surface area contributed by atoms with E-state index in [0.717, 1.165) is 42.9 Å². The van der Waals surface area contributed by atoms with Crippen molar-refractivity contribution in [2.45, 2.75) is 18.9 Å². The number of benzene rings is 2. The summed E-state index contributed by atoms with van der Waals surface area (Å²) in [6.07, 6.45) is 0.958. The van der Waals surface area contributed by atoms with Gasteiger partial charge in [-0.1, -0.05) is 17.3 Å². The van der Waals surface area contributed by atoms with Crippen molar-refractivity contribution in [2.75, 3.05) is 20.2 Å². The summed E-state index contributed by atoms with van der Waals surface area (Å²) >= 11 is 0. The molecule has 0 unspecified atom stereocenters. The molecule has 0 bridgehead atoms. The molecule has 0 saturated carbocycles. The Morgan fingerprint density at radius 1 is 1.23 bits per heavy atom. The number of hydrogen-bond acceptors (Lipinski definition) is 5. The van der Waals surface area contributed by atoms with Crippen molar-refractivity contribution < 1.29 is 13.7 Å². The highest BCUT2D eigenvalue weighted by Crippen LogP contribution is 2.29. The molecule has 134 valence electrons. The molecule has 2 heterocycles. The molecule has 1 aromatic heterocycles. The van der Waals surface area contributed by atoms with Crippen LogP contribution in [0.5, 0.6) is 5.75 Å². The lowest BCUT2D eigenvalue weighted by Gasteiger charge is -2.15. The van der Waals surface area contributed by atoms with Crippen molar-refractivity contribution in [3.63, 3.8) is 0 Å². The zero-order valence-corrected chi connectivity index (χ0v) is 14.6.